The Kier molecular flexibility index (Phi) is 8.01. The Labute approximate surface area is 225 Å². The van der Waals surface area contributed by atoms with Crippen LogP contribution < -0.4 is 10.3 Å². The number of thiazole rings is 1. The van der Waals surface area contributed by atoms with Crippen LogP contribution in [0.3, 0.4) is 0 Å². The van der Waals surface area contributed by atoms with Gasteiger partial charge < -0.3 is 24.1 Å². The summed E-state index contributed by atoms with van der Waals surface area (Å²) >= 11 is 1.30. The topological polar surface area (TPSA) is 111 Å². The Morgan fingerprint density at radius 2 is 1.97 bits per heavy atom. The zero-order valence-electron chi connectivity index (χ0n) is 22.1. The molecule has 3 aromatic rings. The summed E-state index contributed by atoms with van der Waals surface area (Å²) in [5, 5.41) is 2.23. The van der Waals surface area contributed by atoms with E-state index >= 15 is 0 Å². The van der Waals surface area contributed by atoms with Crippen LogP contribution in [0.5, 0.6) is 5.75 Å². The van der Waals surface area contributed by atoms with Gasteiger partial charge in [-0.1, -0.05) is 24.3 Å². The number of aromatic nitrogens is 2. The number of esters is 1. The van der Waals surface area contributed by atoms with Crippen molar-refractivity contribution in [3.05, 3.63) is 85.2 Å². The summed E-state index contributed by atoms with van der Waals surface area (Å²) < 4.78 is 16.5. The molecule has 1 N–H and O–H groups in total. The largest absolute Gasteiger partial charge is 0.479 e. The summed E-state index contributed by atoms with van der Waals surface area (Å²) in [5.74, 6) is -0.116. The number of nitrogens with zero attached hydrogens (tertiary/aromatic N) is 2. The van der Waals surface area contributed by atoms with E-state index in [9.17, 15) is 14.4 Å². The van der Waals surface area contributed by atoms with Gasteiger partial charge in [-0.05, 0) is 61.9 Å². The third kappa shape index (κ3) is 6.69. The van der Waals surface area contributed by atoms with Crippen molar-refractivity contribution in [1.82, 2.24) is 14.9 Å². The third-order valence-corrected chi connectivity index (χ3v) is 6.72. The van der Waals surface area contributed by atoms with Gasteiger partial charge in [0.25, 0.3) is 5.56 Å². The maximum atomic E-state index is 12.4. The molecule has 10 heteroatoms. The molecule has 0 spiro atoms. The van der Waals surface area contributed by atoms with E-state index < -0.39 is 17.7 Å². The zero-order valence-corrected chi connectivity index (χ0v) is 22.9. The van der Waals surface area contributed by atoms with Crippen molar-refractivity contribution in [1.29, 1.82) is 0 Å². The summed E-state index contributed by atoms with van der Waals surface area (Å²) in [6, 6.07) is 9.18. The summed E-state index contributed by atoms with van der Waals surface area (Å²) in [5.41, 5.74) is 3.57. The number of aromatic amines is 1. The van der Waals surface area contributed by atoms with Crippen molar-refractivity contribution in [3.63, 3.8) is 0 Å². The van der Waals surface area contributed by atoms with Gasteiger partial charge in [-0.3, -0.25) is 4.79 Å². The van der Waals surface area contributed by atoms with E-state index in [0.29, 0.717) is 23.7 Å². The number of aryl methyl sites for hydroxylation is 1. The molecule has 0 fully saturated rings. The van der Waals surface area contributed by atoms with E-state index in [1.165, 1.54) is 30.7 Å². The Morgan fingerprint density at radius 1 is 1.18 bits per heavy atom. The van der Waals surface area contributed by atoms with Gasteiger partial charge >= 0.3 is 12.1 Å². The number of nitrogens with one attached hydrogen (secondary N) is 1. The lowest BCUT2D eigenvalue weighted by Crippen LogP contribution is -2.33. The Balaban J connectivity index is 1.59. The lowest BCUT2D eigenvalue weighted by atomic mass is 9.88. The number of methoxy groups -OCH3 is 1. The fourth-order valence-electron chi connectivity index (χ4n) is 4.08. The molecule has 0 bridgehead atoms. The molecule has 38 heavy (non-hydrogen) atoms. The smallest absolute Gasteiger partial charge is 0.410 e. The Hall–Kier alpha value is -3.92. The number of carbonyl (C=O) groups excluding carboxylic acids is 2. The highest BCUT2D eigenvalue weighted by molar-refractivity contribution is 7.09. The Bertz CT molecular complexity index is 1420. The maximum Gasteiger partial charge on any atom is 0.410 e. The van der Waals surface area contributed by atoms with Gasteiger partial charge in [0.1, 0.15) is 16.4 Å². The number of ether oxygens (including phenoxy) is 3. The van der Waals surface area contributed by atoms with Crippen LogP contribution in [0.1, 0.15) is 65.5 Å². The minimum Gasteiger partial charge on any atom is -0.479 e. The maximum absolute atomic E-state index is 12.4. The second-order valence-electron chi connectivity index (χ2n) is 10.0. The highest BCUT2D eigenvalue weighted by atomic mass is 32.1. The molecule has 1 aromatic carbocycles. The van der Waals surface area contributed by atoms with E-state index in [1.807, 2.05) is 32.9 Å². The average molecular weight is 538 g/mol. The number of H-pyrrole nitrogens is 1. The van der Waals surface area contributed by atoms with Crippen LogP contribution in [0, 0.1) is 0 Å². The van der Waals surface area contributed by atoms with Crippen molar-refractivity contribution in [2.24, 2.45) is 0 Å². The molecule has 0 radical (unpaired) electrons. The first-order valence-corrected chi connectivity index (χ1v) is 13.1. The Morgan fingerprint density at radius 3 is 2.68 bits per heavy atom. The lowest BCUT2D eigenvalue weighted by Gasteiger charge is -2.26. The molecule has 1 unspecified atom stereocenters. The predicted molar refractivity (Wildman–Crippen MR) is 144 cm³/mol. The predicted octanol–water partition coefficient (Wildman–Crippen LogP) is 5.13. The molecule has 0 saturated heterocycles. The molecule has 1 amide bonds. The number of pyridine rings is 1. The van der Waals surface area contributed by atoms with Crippen LogP contribution >= 0.6 is 11.3 Å². The van der Waals surface area contributed by atoms with Gasteiger partial charge in [-0.25, -0.2) is 14.6 Å². The number of fused-ring (bicyclic) bond motifs is 1. The fourth-order valence-corrected chi connectivity index (χ4v) is 4.93. The van der Waals surface area contributed by atoms with E-state index in [4.69, 9.17) is 14.2 Å². The minimum atomic E-state index is -0.577. The first kappa shape index (κ1) is 27.1. The molecular formula is C28H31N3O6S. The molecule has 1 atom stereocenters. The van der Waals surface area contributed by atoms with Crippen LogP contribution in [0.4, 0.5) is 4.79 Å². The molecule has 0 saturated carbocycles. The molecule has 200 valence electrons. The minimum absolute atomic E-state index is 0.211. The zero-order chi connectivity index (χ0) is 27.4. The SMILES string of the molecule is COC(=O)c1csc(C(Oc2cc[nH]c(=O)c2)C2=Cc3ccc(CN(C)C(=O)OC(C)(C)C)cc3CC2)n1. The average Bonchev–Trinajstić information content (AvgIpc) is 3.35. The number of hydrogen-bond acceptors (Lipinski definition) is 8. The third-order valence-electron chi connectivity index (χ3n) is 5.83. The highest BCUT2D eigenvalue weighted by Crippen LogP contribution is 2.37. The number of amides is 1. The number of benzene rings is 1. The van der Waals surface area contributed by atoms with E-state index in [-0.39, 0.29) is 17.3 Å². The van der Waals surface area contributed by atoms with Crippen molar-refractivity contribution >= 4 is 29.5 Å². The van der Waals surface area contributed by atoms with Crippen molar-refractivity contribution in [2.45, 2.75) is 51.9 Å². The quantitative estimate of drug-likeness (QED) is 0.416. The van der Waals surface area contributed by atoms with Crippen molar-refractivity contribution < 1.29 is 23.8 Å². The summed E-state index contributed by atoms with van der Waals surface area (Å²) in [7, 11) is 3.03. The van der Waals surface area contributed by atoms with E-state index in [2.05, 4.69) is 22.1 Å². The van der Waals surface area contributed by atoms with Crippen LogP contribution in [0.25, 0.3) is 6.08 Å². The molecule has 1 aliphatic rings. The first-order chi connectivity index (χ1) is 18.0. The molecule has 2 heterocycles. The fraction of sp³-hybridized carbons (Fsp3) is 0.357. The molecule has 9 nitrogen and oxygen atoms in total. The van der Waals surface area contributed by atoms with E-state index in [0.717, 1.165) is 28.7 Å². The molecule has 2 aromatic heterocycles. The van der Waals surface area contributed by atoms with E-state index in [1.54, 1.807) is 23.4 Å². The van der Waals surface area contributed by atoms with Gasteiger partial charge in [0.05, 0.1) is 7.11 Å². The first-order valence-electron chi connectivity index (χ1n) is 12.2. The molecular weight excluding hydrogens is 506 g/mol. The number of hydrogen-bond donors (Lipinski definition) is 1. The van der Waals surface area contributed by atoms with Crippen molar-refractivity contribution in [3.8, 4) is 5.75 Å². The normalized spacial score (nSPS) is 13.7. The second-order valence-corrected chi connectivity index (χ2v) is 10.9. The lowest BCUT2D eigenvalue weighted by molar-refractivity contribution is 0.0285. The van der Waals surface area contributed by atoms with Gasteiger partial charge in [-0.15, -0.1) is 11.3 Å². The van der Waals surface area contributed by atoms with Crippen LogP contribution in [0.15, 0.2) is 52.3 Å². The van der Waals surface area contributed by atoms with Crippen LogP contribution in [0.2, 0.25) is 0 Å². The summed E-state index contributed by atoms with van der Waals surface area (Å²) in [6.07, 6.45) is 4.10. The van der Waals surface area contributed by atoms with Crippen LogP contribution in [-0.4, -0.2) is 46.7 Å². The summed E-state index contributed by atoms with van der Waals surface area (Å²) in [6.45, 7) is 5.96. The van der Waals surface area contributed by atoms with Gasteiger partial charge in [-0.2, -0.15) is 0 Å². The summed E-state index contributed by atoms with van der Waals surface area (Å²) in [4.78, 5) is 44.8. The number of carbonyl (C=O) groups is 2. The van der Waals surface area contributed by atoms with Crippen LogP contribution in [-0.2, 0) is 22.4 Å². The van der Waals surface area contributed by atoms with Gasteiger partial charge in [0, 0.05) is 31.2 Å². The number of rotatable bonds is 7. The molecule has 1 aliphatic carbocycles. The van der Waals surface area contributed by atoms with Gasteiger partial charge in [0.15, 0.2) is 11.8 Å². The monoisotopic (exact) mass is 537 g/mol. The highest BCUT2D eigenvalue weighted by Gasteiger charge is 2.27. The molecule has 0 aliphatic heterocycles. The van der Waals surface area contributed by atoms with Gasteiger partial charge in [0.2, 0.25) is 0 Å². The second kappa shape index (κ2) is 11.2. The standard InChI is InChI=1S/C28H31N3O6S/c1-28(2,3)37-27(34)31(4)15-17-6-7-19-13-20(9-8-18(19)12-17)24(36-21-10-11-29-23(32)14-21)25-30-22(16-38-25)26(33)35-5/h6-7,10-14,16,24H,8-9,15H2,1-5H3,(H,29,32). The van der Waals surface area contributed by atoms with Crippen molar-refractivity contribution in [2.75, 3.05) is 14.2 Å². The molecule has 4 rings (SSSR count).